The number of anilines is 1. The second-order valence-electron chi connectivity index (χ2n) is 9.23. The number of phenols is 1. The van der Waals surface area contributed by atoms with Gasteiger partial charge in [-0.2, -0.15) is 0 Å². The Balaban J connectivity index is 1.57. The number of para-hydroxylation sites is 1. The van der Waals surface area contributed by atoms with E-state index in [0.29, 0.717) is 17.6 Å². The molecule has 32 heavy (non-hydrogen) atoms. The predicted molar refractivity (Wildman–Crippen MR) is 138 cm³/mol. The molecule has 0 amide bonds. The van der Waals surface area contributed by atoms with E-state index < -0.39 is 0 Å². The van der Waals surface area contributed by atoms with Crippen molar-refractivity contribution in [1.82, 2.24) is 5.32 Å². The molecular formula is C29H38N2O. The van der Waals surface area contributed by atoms with Gasteiger partial charge in [0, 0.05) is 24.3 Å². The van der Waals surface area contributed by atoms with Crippen molar-refractivity contribution in [3.05, 3.63) is 82.9 Å². The smallest absolute Gasteiger partial charge is 0.126 e. The minimum absolute atomic E-state index is 0.397. The summed E-state index contributed by atoms with van der Waals surface area (Å²) >= 11 is 0. The van der Waals surface area contributed by atoms with Gasteiger partial charge in [0.1, 0.15) is 5.75 Å². The van der Waals surface area contributed by atoms with Gasteiger partial charge in [-0.25, -0.2) is 0 Å². The first-order chi connectivity index (χ1) is 15.4. The van der Waals surface area contributed by atoms with Gasteiger partial charge in [0.15, 0.2) is 0 Å². The van der Waals surface area contributed by atoms with Gasteiger partial charge in [-0.1, -0.05) is 82.3 Å². The van der Waals surface area contributed by atoms with Crippen LogP contribution in [0.2, 0.25) is 0 Å². The van der Waals surface area contributed by atoms with Crippen molar-refractivity contribution in [3.8, 4) is 16.9 Å². The summed E-state index contributed by atoms with van der Waals surface area (Å²) in [6.07, 6.45) is 0.799. The highest BCUT2D eigenvalue weighted by Gasteiger charge is 2.13. The van der Waals surface area contributed by atoms with Crippen LogP contribution in [-0.4, -0.2) is 24.7 Å². The molecule has 3 rings (SSSR count). The number of benzene rings is 3. The van der Waals surface area contributed by atoms with E-state index in [1.165, 1.54) is 22.4 Å². The quantitative estimate of drug-likeness (QED) is 0.308. The molecule has 0 heterocycles. The maximum atomic E-state index is 10.8. The van der Waals surface area contributed by atoms with Crippen LogP contribution in [0.4, 0.5) is 5.69 Å². The minimum Gasteiger partial charge on any atom is -0.507 e. The van der Waals surface area contributed by atoms with Crippen molar-refractivity contribution < 1.29 is 5.11 Å². The topological polar surface area (TPSA) is 44.3 Å². The number of hydrogen-bond acceptors (Lipinski definition) is 3. The molecule has 0 saturated heterocycles. The summed E-state index contributed by atoms with van der Waals surface area (Å²) in [4.78, 5) is 0. The SMILES string of the molecule is Cc1cc(CCNCCNc2c(C(C)C)cccc2C(C)C)c(O)c(-c2ccccc2)c1. The average molecular weight is 431 g/mol. The first-order valence-corrected chi connectivity index (χ1v) is 11.8. The maximum absolute atomic E-state index is 10.8. The van der Waals surface area contributed by atoms with Crippen LogP contribution in [0.1, 0.15) is 61.8 Å². The monoisotopic (exact) mass is 430 g/mol. The van der Waals surface area contributed by atoms with Gasteiger partial charge in [-0.3, -0.25) is 0 Å². The summed E-state index contributed by atoms with van der Waals surface area (Å²) in [7, 11) is 0. The molecular weight excluding hydrogens is 392 g/mol. The van der Waals surface area contributed by atoms with E-state index in [4.69, 9.17) is 0 Å². The van der Waals surface area contributed by atoms with Crippen LogP contribution < -0.4 is 10.6 Å². The van der Waals surface area contributed by atoms with Crippen LogP contribution in [0, 0.1) is 6.92 Å². The zero-order valence-corrected chi connectivity index (χ0v) is 20.2. The highest BCUT2D eigenvalue weighted by molar-refractivity contribution is 5.72. The van der Waals surface area contributed by atoms with E-state index in [1.54, 1.807) is 0 Å². The summed E-state index contributed by atoms with van der Waals surface area (Å²) in [6.45, 7) is 13.7. The van der Waals surface area contributed by atoms with Crippen molar-refractivity contribution in [1.29, 1.82) is 0 Å². The second kappa shape index (κ2) is 11.2. The minimum atomic E-state index is 0.397. The van der Waals surface area contributed by atoms with Gasteiger partial charge in [0.2, 0.25) is 0 Å². The zero-order chi connectivity index (χ0) is 23.1. The van der Waals surface area contributed by atoms with Crippen LogP contribution in [0.25, 0.3) is 11.1 Å². The Bertz CT molecular complexity index is 983. The molecule has 0 aliphatic carbocycles. The van der Waals surface area contributed by atoms with Crippen molar-refractivity contribution in [2.75, 3.05) is 25.0 Å². The van der Waals surface area contributed by atoms with Gasteiger partial charge in [-0.05, 0) is 65.6 Å². The Hall–Kier alpha value is -2.78. The number of rotatable bonds is 10. The molecule has 0 spiro atoms. The molecule has 170 valence electrons. The number of phenolic OH excluding ortho intramolecular Hbond substituents is 1. The van der Waals surface area contributed by atoms with Crippen LogP contribution in [0.3, 0.4) is 0 Å². The van der Waals surface area contributed by atoms with Crippen molar-refractivity contribution >= 4 is 5.69 Å². The molecule has 3 heteroatoms. The molecule has 3 aromatic rings. The molecule has 0 aromatic heterocycles. The normalized spacial score (nSPS) is 11.3. The lowest BCUT2D eigenvalue weighted by Gasteiger charge is -2.21. The lowest BCUT2D eigenvalue weighted by molar-refractivity contribution is 0.469. The lowest BCUT2D eigenvalue weighted by Crippen LogP contribution is -2.25. The summed E-state index contributed by atoms with van der Waals surface area (Å²) < 4.78 is 0. The largest absolute Gasteiger partial charge is 0.507 e. The Morgan fingerprint density at radius 3 is 2.06 bits per heavy atom. The summed E-state index contributed by atoms with van der Waals surface area (Å²) in [5.74, 6) is 1.38. The molecule has 0 aliphatic heterocycles. The third-order valence-corrected chi connectivity index (χ3v) is 5.97. The van der Waals surface area contributed by atoms with E-state index in [-0.39, 0.29) is 0 Å². The Labute approximate surface area is 193 Å². The van der Waals surface area contributed by atoms with E-state index in [2.05, 4.69) is 75.6 Å². The van der Waals surface area contributed by atoms with E-state index in [9.17, 15) is 5.11 Å². The van der Waals surface area contributed by atoms with E-state index >= 15 is 0 Å². The average Bonchev–Trinajstić information content (AvgIpc) is 2.78. The molecule has 0 unspecified atom stereocenters. The molecule has 3 aromatic carbocycles. The fourth-order valence-corrected chi connectivity index (χ4v) is 4.26. The first-order valence-electron chi connectivity index (χ1n) is 11.8. The van der Waals surface area contributed by atoms with Gasteiger partial charge in [0.25, 0.3) is 0 Å². The fourth-order valence-electron chi connectivity index (χ4n) is 4.26. The zero-order valence-electron chi connectivity index (χ0n) is 20.2. The molecule has 0 aliphatic rings. The van der Waals surface area contributed by atoms with Crippen molar-refractivity contribution in [2.24, 2.45) is 0 Å². The number of nitrogens with one attached hydrogen (secondary N) is 2. The molecule has 3 nitrogen and oxygen atoms in total. The maximum Gasteiger partial charge on any atom is 0.126 e. The van der Waals surface area contributed by atoms with Crippen molar-refractivity contribution in [3.63, 3.8) is 0 Å². The molecule has 0 fully saturated rings. The van der Waals surface area contributed by atoms with Crippen LogP contribution in [0.5, 0.6) is 5.75 Å². The number of hydrogen-bond donors (Lipinski definition) is 3. The van der Waals surface area contributed by atoms with Gasteiger partial charge in [-0.15, -0.1) is 0 Å². The first kappa shape index (κ1) is 23.9. The fraction of sp³-hybridized carbons (Fsp3) is 0.379. The lowest BCUT2D eigenvalue weighted by atomic mass is 9.92. The summed E-state index contributed by atoms with van der Waals surface area (Å²) in [5, 5.41) is 18.1. The number of aromatic hydroxyl groups is 1. The summed E-state index contributed by atoms with van der Waals surface area (Å²) in [5.41, 5.74) is 8.19. The molecule has 3 N–H and O–H groups in total. The van der Waals surface area contributed by atoms with E-state index in [0.717, 1.165) is 42.7 Å². The Kier molecular flexibility index (Phi) is 8.35. The third-order valence-electron chi connectivity index (χ3n) is 5.97. The van der Waals surface area contributed by atoms with Crippen LogP contribution in [0.15, 0.2) is 60.7 Å². The van der Waals surface area contributed by atoms with Gasteiger partial charge < -0.3 is 15.7 Å². The third kappa shape index (κ3) is 5.92. The molecule has 0 radical (unpaired) electrons. The Morgan fingerprint density at radius 1 is 0.781 bits per heavy atom. The second-order valence-corrected chi connectivity index (χ2v) is 9.23. The highest BCUT2D eigenvalue weighted by Crippen LogP contribution is 2.34. The molecule has 0 saturated carbocycles. The Morgan fingerprint density at radius 2 is 1.44 bits per heavy atom. The highest BCUT2D eigenvalue weighted by atomic mass is 16.3. The van der Waals surface area contributed by atoms with Crippen LogP contribution in [-0.2, 0) is 6.42 Å². The van der Waals surface area contributed by atoms with Gasteiger partial charge in [0.05, 0.1) is 0 Å². The summed E-state index contributed by atoms with van der Waals surface area (Å²) in [6, 6.07) is 20.9. The molecule has 0 atom stereocenters. The van der Waals surface area contributed by atoms with Crippen LogP contribution >= 0.6 is 0 Å². The number of aryl methyl sites for hydroxylation is 1. The standard InChI is InChI=1S/C29H38N2O/c1-20(2)25-12-9-13-26(21(3)4)28(25)31-17-16-30-15-14-24-18-22(5)19-27(29(24)32)23-10-7-6-8-11-23/h6-13,18-21,30-32H,14-17H2,1-5H3. The predicted octanol–water partition coefficient (Wildman–Crippen LogP) is 6.86. The van der Waals surface area contributed by atoms with Gasteiger partial charge >= 0.3 is 0 Å². The molecule has 0 bridgehead atoms. The van der Waals surface area contributed by atoms with E-state index in [1.807, 2.05) is 30.3 Å². The van der Waals surface area contributed by atoms with Crippen molar-refractivity contribution in [2.45, 2.75) is 52.9 Å².